The minimum atomic E-state index is 0.00326. The van der Waals surface area contributed by atoms with Gasteiger partial charge in [0.2, 0.25) is 0 Å². The quantitative estimate of drug-likeness (QED) is 0.920. The van der Waals surface area contributed by atoms with E-state index in [1.165, 1.54) is 11.3 Å². The summed E-state index contributed by atoms with van der Waals surface area (Å²) in [5.41, 5.74) is 1.12. The van der Waals surface area contributed by atoms with Gasteiger partial charge < -0.3 is 9.88 Å². The van der Waals surface area contributed by atoms with Crippen LogP contribution in [-0.2, 0) is 6.54 Å². The molecule has 1 N–H and O–H groups in total. The van der Waals surface area contributed by atoms with E-state index in [0.717, 1.165) is 27.8 Å². The van der Waals surface area contributed by atoms with Gasteiger partial charge in [0, 0.05) is 29.9 Å². The van der Waals surface area contributed by atoms with Crippen LogP contribution in [0.5, 0.6) is 0 Å². The second-order valence-corrected chi connectivity index (χ2v) is 5.55. The highest BCUT2D eigenvalue weighted by Crippen LogP contribution is 2.14. The molecule has 0 saturated heterocycles. The number of aromatic nitrogens is 2. The van der Waals surface area contributed by atoms with Crippen LogP contribution in [0.25, 0.3) is 0 Å². The van der Waals surface area contributed by atoms with Crippen molar-refractivity contribution in [1.82, 2.24) is 14.9 Å². The van der Waals surface area contributed by atoms with E-state index in [2.05, 4.69) is 14.9 Å². The average molecular weight is 263 g/mol. The number of amides is 1. The molecule has 2 rings (SSSR count). The van der Waals surface area contributed by atoms with E-state index in [9.17, 15) is 4.79 Å². The molecule has 0 fully saturated rings. The van der Waals surface area contributed by atoms with Gasteiger partial charge in [0.1, 0.15) is 5.82 Å². The molecule has 1 amide bonds. The zero-order chi connectivity index (χ0) is 13.1. The van der Waals surface area contributed by atoms with Crippen LogP contribution < -0.4 is 5.32 Å². The topological polar surface area (TPSA) is 46.9 Å². The van der Waals surface area contributed by atoms with Crippen molar-refractivity contribution in [3.05, 3.63) is 39.6 Å². The summed E-state index contributed by atoms with van der Waals surface area (Å²) in [6.07, 6.45) is 1.85. The number of thiophene rings is 1. The van der Waals surface area contributed by atoms with Gasteiger partial charge in [-0.15, -0.1) is 11.3 Å². The number of nitrogens with zero attached hydrogens (tertiary/aromatic N) is 2. The monoisotopic (exact) mass is 263 g/mol. The van der Waals surface area contributed by atoms with E-state index in [0.29, 0.717) is 6.54 Å². The van der Waals surface area contributed by atoms with E-state index >= 15 is 0 Å². The Hall–Kier alpha value is -1.62. The molecule has 0 aromatic carbocycles. The van der Waals surface area contributed by atoms with E-state index < -0.39 is 0 Å². The molecule has 0 saturated carbocycles. The van der Waals surface area contributed by atoms with E-state index in [-0.39, 0.29) is 5.91 Å². The normalized spacial score (nSPS) is 10.6. The van der Waals surface area contributed by atoms with Crippen LogP contribution in [0, 0.1) is 20.8 Å². The SMILES string of the molecule is Cc1ccc(C(=O)NCCn2c(C)cnc2C)s1. The number of imidazole rings is 1. The number of nitrogens with one attached hydrogen (secondary N) is 1. The fourth-order valence-electron chi connectivity index (χ4n) is 1.84. The molecule has 5 heteroatoms. The highest BCUT2D eigenvalue weighted by Gasteiger charge is 2.08. The fraction of sp³-hybridized carbons (Fsp3) is 0.385. The van der Waals surface area contributed by atoms with Crippen molar-refractivity contribution in [3.8, 4) is 0 Å². The van der Waals surface area contributed by atoms with Crippen molar-refractivity contribution in [2.24, 2.45) is 0 Å². The van der Waals surface area contributed by atoms with E-state index in [4.69, 9.17) is 0 Å². The van der Waals surface area contributed by atoms with Crippen LogP contribution in [0.4, 0.5) is 0 Å². The van der Waals surface area contributed by atoms with Gasteiger partial charge in [0.15, 0.2) is 0 Å². The molecule has 0 radical (unpaired) electrons. The Morgan fingerprint density at radius 3 is 2.72 bits per heavy atom. The largest absolute Gasteiger partial charge is 0.350 e. The predicted molar refractivity (Wildman–Crippen MR) is 73.1 cm³/mol. The first-order valence-corrected chi connectivity index (χ1v) is 6.73. The summed E-state index contributed by atoms with van der Waals surface area (Å²) >= 11 is 1.52. The number of hydrogen-bond acceptors (Lipinski definition) is 3. The summed E-state index contributed by atoms with van der Waals surface area (Å²) < 4.78 is 2.10. The Bertz CT molecular complexity index is 537. The second-order valence-electron chi connectivity index (χ2n) is 4.26. The third-order valence-electron chi connectivity index (χ3n) is 2.84. The minimum absolute atomic E-state index is 0.00326. The molecule has 18 heavy (non-hydrogen) atoms. The molecule has 0 spiro atoms. The summed E-state index contributed by atoms with van der Waals surface area (Å²) in [6.45, 7) is 7.36. The van der Waals surface area contributed by atoms with E-state index in [1.54, 1.807) is 0 Å². The lowest BCUT2D eigenvalue weighted by Gasteiger charge is -2.08. The minimum Gasteiger partial charge on any atom is -0.350 e. The average Bonchev–Trinajstić information content (AvgIpc) is 2.89. The van der Waals surface area contributed by atoms with Gasteiger partial charge in [-0.3, -0.25) is 4.79 Å². The number of carbonyl (C=O) groups is 1. The molecule has 0 unspecified atom stereocenters. The van der Waals surface area contributed by atoms with E-state index in [1.807, 2.05) is 39.1 Å². The van der Waals surface area contributed by atoms with Crippen LogP contribution in [0.15, 0.2) is 18.3 Å². The molecule has 4 nitrogen and oxygen atoms in total. The Morgan fingerprint density at radius 2 is 2.17 bits per heavy atom. The number of carbonyl (C=O) groups excluding carboxylic acids is 1. The van der Waals surface area contributed by atoms with Gasteiger partial charge in [-0.1, -0.05) is 0 Å². The first kappa shape index (κ1) is 12.8. The molecule has 0 bridgehead atoms. The van der Waals surface area contributed by atoms with Crippen LogP contribution in [0.3, 0.4) is 0 Å². The molecule has 96 valence electrons. The van der Waals surface area contributed by atoms with Gasteiger partial charge in [-0.2, -0.15) is 0 Å². The molecular weight excluding hydrogens is 246 g/mol. The number of aryl methyl sites for hydroxylation is 3. The first-order chi connectivity index (χ1) is 8.58. The van der Waals surface area contributed by atoms with Crippen molar-refractivity contribution >= 4 is 17.2 Å². The standard InChI is InChI=1S/C13H17N3OS/c1-9-8-15-11(3)16(9)7-6-14-13(17)12-5-4-10(2)18-12/h4-5,8H,6-7H2,1-3H3,(H,14,17). The smallest absolute Gasteiger partial charge is 0.261 e. The van der Waals surface area contributed by atoms with Crippen molar-refractivity contribution < 1.29 is 4.79 Å². The van der Waals surface area contributed by atoms with Crippen molar-refractivity contribution in [1.29, 1.82) is 0 Å². The van der Waals surface area contributed by atoms with Crippen LogP contribution in [0.1, 0.15) is 26.1 Å². The Balaban J connectivity index is 1.88. The third kappa shape index (κ3) is 2.79. The van der Waals surface area contributed by atoms with Gasteiger partial charge >= 0.3 is 0 Å². The summed E-state index contributed by atoms with van der Waals surface area (Å²) in [7, 11) is 0. The van der Waals surface area contributed by atoms with Gasteiger partial charge in [-0.25, -0.2) is 4.98 Å². The Labute approximate surface area is 111 Å². The zero-order valence-corrected chi connectivity index (χ0v) is 11.7. The highest BCUT2D eigenvalue weighted by atomic mass is 32.1. The van der Waals surface area contributed by atoms with Crippen molar-refractivity contribution in [3.63, 3.8) is 0 Å². The Kier molecular flexibility index (Phi) is 3.81. The lowest BCUT2D eigenvalue weighted by atomic mass is 10.4. The molecule has 2 heterocycles. The van der Waals surface area contributed by atoms with Crippen molar-refractivity contribution in [2.75, 3.05) is 6.54 Å². The zero-order valence-electron chi connectivity index (χ0n) is 10.9. The molecule has 0 aliphatic rings. The molecule has 0 aliphatic carbocycles. The summed E-state index contributed by atoms with van der Waals surface area (Å²) in [6, 6.07) is 3.83. The first-order valence-electron chi connectivity index (χ1n) is 5.91. The fourth-order valence-corrected chi connectivity index (χ4v) is 2.63. The van der Waals surface area contributed by atoms with Crippen LogP contribution in [0.2, 0.25) is 0 Å². The predicted octanol–water partition coefficient (Wildman–Crippen LogP) is 2.30. The van der Waals surface area contributed by atoms with Crippen molar-refractivity contribution in [2.45, 2.75) is 27.3 Å². The maximum atomic E-state index is 11.8. The number of rotatable bonds is 4. The highest BCUT2D eigenvalue weighted by molar-refractivity contribution is 7.13. The van der Waals surface area contributed by atoms with Gasteiger partial charge in [-0.05, 0) is 32.9 Å². The van der Waals surface area contributed by atoms with Gasteiger partial charge in [0.05, 0.1) is 4.88 Å². The Morgan fingerprint density at radius 1 is 1.39 bits per heavy atom. The van der Waals surface area contributed by atoms with Gasteiger partial charge in [0.25, 0.3) is 5.91 Å². The molecule has 0 atom stereocenters. The van der Waals surface area contributed by atoms with Crippen LogP contribution >= 0.6 is 11.3 Å². The summed E-state index contributed by atoms with van der Waals surface area (Å²) in [5.74, 6) is 0.984. The summed E-state index contributed by atoms with van der Waals surface area (Å²) in [4.78, 5) is 18.0. The number of hydrogen-bond donors (Lipinski definition) is 1. The third-order valence-corrected chi connectivity index (χ3v) is 3.84. The molecule has 2 aromatic heterocycles. The van der Waals surface area contributed by atoms with Crippen LogP contribution in [-0.4, -0.2) is 22.0 Å². The lowest BCUT2D eigenvalue weighted by molar-refractivity contribution is 0.0956. The summed E-state index contributed by atoms with van der Waals surface area (Å²) in [5, 5.41) is 2.93. The second kappa shape index (κ2) is 5.35. The molecular formula is C13H17N3OS. The maximum Gasteiger partial charge on any atom is 0.261 e. The molecule has 2 aromatic rings. The lowest BCUT2D eigenvalue weighted by Crippen LogP contribution is -2.27. The molecule has 0 aliphatic heterocycles. The maximum absolute atomic E-state index is 11.8.